The molecule has 0 aromatic heterocycles. The average Bonchev–Trinajstić information content (AvgIpc) is 2.78. The molecule has 1 aliphatic rings. The van der Waals surface area contributed by atoms with Gasteiger partial charge in [-0.25, -0.2) is 0 Å². The van der Waals surface area contributed by atoms with E-state index in [9.17, 15) is 9.59 Å². The monoisotopic (exact) mass is 410 g/mol. The number of likely N-dealkylation sites (N-methyl/N-ethyl adjacent to an activating group) is 1. The number of piperazine rings is 1. The van der Waals surface area contributed by atoms with Crippen LogP contribution in [0.3, 0.4) is 0 Å². The topological polar surface area (TPSA) is 73.9 Å². The predicted molar refractivity (Wildman–Crippen MR) is 119 cm³/mol. The molecule has 0 aliphatic carbocycles. The van der Waals surface area contributed by atoms with E-state index < -0.39 is 0 Å². The minimum absolute atomic E-state index is 0.114. The van der Waals surface area contributed by atoms with E-state index in [-0.39, 0.29) is 18.4 Å². The number of aryl methyl sites for hydroxylation is 1. The Kier molecular flexibility index (Phi) is 7.30. The zero-order valence-electron chi connectivity index (χ0n) is 17.9. The summed E-state index contributed by atoms with van der Waals surface area (Å²) in [6.45, 7) is 9.30. The second-order valence-electron chi connectivity index (χ2n) is 7.35. The highest BCUT2D eigenvalue weighted by Gasteiger charge is 2.17. The van der Waals surface area contributed by atoms with Crippen molar-refractivity contribution in [3.8, 4) is 5.75 Å². The van der Waals surface area contributed by atoms with Crippen LogP contribution in [-0.4, -0.2) is 63.1 Å². The lowest BCUT2D eigenvalue weighted by Crippen LogP contribution is -2.46. The van der Waals surface area contributed by atoms with Gasteiger partial charge < -0.3 is 25.2 Å². The number of hydrogen-bond donors (Lipinski definition) is 2. The third kappa shape index (κ3) is 5.30. The van der Waals surface area contributed by atoms with E-state index in [0.717, 1.165) is 44.0 Å². The van der Waals surface area contributed by atoms with Crippen LogP contribution in [0.15, 0.2) is 42.5 Å². The molecule has 30 heavy (non-hydrogen) atoms. The zero-order valence-corrected chi connectivity index (χ0v) is 17.9. The summed E-state index contributed by atoms with van der Waals surface area (Å²) < 4.78 is 5.19. The van der Waals surface area contributed by atoms with Crippen LogP contribution in [-0.2, 0) is 4.79 Å². The first-order valence-electron chi connectivity index (χ1n) is 10.3. The predicted octanol–water partition coefficient (Wildman–Crippen LogP) is 2.51. The van der Waals surface area contributed by atoms with Gasteiger partial charge in [0.15, 0.2) is 0 Å². The van der Waals surface area contributed by atoms with Crippen LogP contribution in [0.1, 0.15) is 22.8 Å². The Morgan fingerprint density at radius 1 is 1.07 bits per heavy atom. The Balaban J connectivity index is 1.54. The quantitative estimate of drug-likeness (QED) is 0.734. The lowest BCUT2D eigenvalue weighted by molar-refractivity contribution is -0.115. The average molecular weight is 411 g/mol. The van der Waals surface area contributed by atoms with Gasteiger partial charge in [0.25, 0.3) is 5.91 Å². The molecule has 1 fully saturated rings. The van der Waals surface area contributed by atoms with Crippen molar-refractivity contribution >= 4 is 23.2 Å². The van der Waals surface area contributed by atoms with E-state index in [1.165, 1.54) is 12.8 Å². The molecule has 2 amide bonds. The molecule has 0 spiro atoms. The van der Waals surface area contributed by atoms with Crippen molar-refractivity contribution in [2.45, 2.75) is 13.8 Å². The smallest absolute Gasteiger partial charge is 0.255 e. The molecule has 160 valence electrons. The molecule has 0 bridgehead atoms. The van der Waals surface area contributed by atoms with E-state index in [2.05, 4.69) is 33.4 Å². The maximum atomic E-state index is 12.3. The second kappa shape index (κ2) is 10.1. The van der Waals surface area contributed by atoms with Gasteiger partial charge in [-0.05, 0) is 49.4 Å². The number of carbonyl (C=O) groups excluding carboxylic acids is 2. The fourth-order valence-corrected chi connectivity index (χ4v) is 3.59. The number of benzene rings is 2. The number of amides is 2. The second-order valence-corrected chi connectivity index (χ2v) is 7.35. The molecule has 2 N–H and O–H groups in total. The molecular formula is C23H30N4O3. The van der Waals surface area contributed by atoms with Crippen molar-refractivity contribution in [3.63, 3.8) is 0 Å². The number of nitrogens with one attached hydrogen (secondary N) is 2. The van der Waals surface area contributed by atoms with Gasteiger partial charge in [0.1, 0.15) is 5.75 Å². The Morgan fingerprint density at radius 3 is 2.47 bits per heavy atom. The lowest BCUT2D eigenvalue weighted by Gasteiger charge is -2.35. The molecule has 1 saturated heterocycles. The Bertz CT molecular complexity index is 892. The number of carbonyl (C=O) groups is 2. The first kappa shape index (κ1) is 21.6. The molecule has 0 unspecified atom stereocenters. The van der Waals surface area contributed by atoms with E-state index in [1.54, 1.807) is 24.3 Å². The zero-order chi connectivity index (χ0) is 21.5. The molecule has 0 atom stereocenters. The number of rotatable bonds is 7. The van der Waals surface area contributed by atoms with Crippen LogP contribution >= 0.6 is 0 Å². The van der Waals surface area contributed by atoms with Gasteiger partial charge in [0.2, 0.25) is 5.91 Å². The fourth-order valence-electron chi connectivity index (χ4n) is 3.59. The third-order valence-electron chi connectivity index (χ3n) is 5.43. The lowest BCUT2D eigenvalue weighted by atomic mass is 10.1. The van der Waals surface area contributed by atoms with Crippen LogP contribution in [0.5, 0.6) is 5.75 Å². The molecule has 2 aromatic carbocycles. The van der Waals surface area contributed by atoms with Crippen molar-refractivity contribution < 1.29 is 14.3 Å². The normalized spacial score (nSPS) is 14.3. The SMILES string of the molecule is CCN1CCN(c2ccc(NC(=O)CNC(=O)c3ccccc3OC)c(C)c2)CC1. The van der Waals surface area contributed by atoms with E-state index in [1.807, 2.05) is 19.1 Å². The number of hydrogen-bond acceptors (Lipinski definition) is 5. The summed E-state index contributed by atoms with van der Waals surface area (Å²) >= 11 is 0. The summed E-state index contributed by atoms with van der Waals surface area (Å²) in [5, 5.41) is 5.52. The third-order valence-corrected chi connectivity index (χ3v) is 5.43. The highest BCUT2D eigenvalue weighted by Crippen LogP contribution is 2.24. The summed E-state index contributed by atoms with van der Waals surface area (Å²) in [5.74, 6) is -0.145. The Hall–Kier alpha value is -3.06. The highest BCUT2D eigenvalue weighted by molar-refractivity contribution is 6.01. The summed E-state index contributed by atoms with van der Waals surface area (Å²) in [6, 6.07) is 13.0. The molecule has 7 nitrogen and oxygen atoms in total. The maximum Gasteiger partial charge on any atom is 0.255 e. The van der Waals surface area contributed by atoms with Gasteiger partial charge in [-0.15, -0.1) is 0 Å². The Morgan fingerprint density at radius 2 is 1.80 bits per heavy atom. The number of anilines is 2. The van der Waals surface area contributed by atoms with E-state index >= 15 is 0 Å². The van der Waals surface area contributed by atoms with Crippen molar-refractivity contribution in [2.24, 2.45) is 0 Å². The van der Waals surface area contributed by atoms with E-state index in [0.29, 0.717) is 11.3 Å². The van der Waals surface area contributed by atoms with Gasteiger partial charge in [-0.1, -0.05) is 19.1 Å². The highest BCUT2D eigenvalue weighted by atomic mass is 16.5. The van der Waals surface area contributed by atoms with E-state index in [4.69, 9.17) is 4.74 Å². The number of methoxy groups -OCH3 is 1. The molecule has 7 heteroatoms. The van der Waals surface area contributed by atoms with Crippen LogP contribution in [0.4, 0.5) is 11.4 Å². The van der Waals surface area contributed by atoms with Crippen molar-refractivity contribution in [1.82, 2.24) is 10.2 Å². The largest absolute Gasteiger partial charge is 0.496 e. The number of para-hydroxylation sites is 1. The van der Waals surface area contributed by atoms with Gasteiger partial charge in [0, 0.05) is 37.6 Å². The summed E-state index contributed by atoms with van der Waals surface area (Å²) in [4.78, 5) is 29.5. The van der Waals surface area contributed by atoms with Crippen LogP contribution in [0.25, 0.3) is 0 Å². The van der Waals surface area contributed by atoms with Gasteiger partial charge in [0.05, 0.1) is 19.2 Å². The summed E-state index contributed by atoms with van der Waals surface area (Å²) in [6.07, 6.45) is 0. The Labute approximate surface area is 178 Å². The molecule has 0 radical (unpaired) electrons. The molecule has 1 heterocycles. The minimum Gasteiger partial charge on any atom is -0.496 e. The maximum absolute atomic E-state index is 12.3. The number of ether oxygens (including phenoxy) is 1. The molecule has 1 aliphatic heterocycles. The molecule has 3 rings (SSSR count). The van der Waals surface area contributed by atoms with Crippen molar-refractivity contribution in [1.29, 1.82) is 0 Å². The van der Waals surface area contributed by atoms with Crippen LogP contribution < -0.4 is 20.3 Å². The van der Waals surface area contributed by atoms with Crippen LogP contribution in [0.2, 0.25) is 0 Å². The van der Waals surface area contributed by atoms with Gasteiger partial charge in [-0.2, -0.15) is 0 Å². The molecule has 2 aromatic rings. The standard InChI is InChI=1S/C23H30N4O3/c1-4-26-11-13-27(14-12-26)18-9-10-20(17(2)15-18)25-22(28)16-24-23(29)19-7-5-6-8-21(19)30-3/h5-10,15H,4,11-14,16H2,1-3H3,(H,24,29)(H,25,28). The molecule has 0 saturated carbocycles. The van der Waals surface area contributed by atoms with Crippen LogP contribution in [0, 0.1) is 6.92 Å². The van der Waals surface area contributed by atoms with Gasteiger partial charge in [-0.3, -0.25) is 9.59 Å². The first-order chi connectivity index (χ1) is 14.5. The first-order valence-corrected chi connectivity index (χ1v) is 10.3. The number of nitrogens with zero attached hydrogens (tertiary/aromatic N) is 2. The fraction of sp³-hybridized carbons (Fsp3) is 0.391. The minimum atomic E-state index is -0.346. The van der Waals surface area contributed by atoms with Crippen molar-refractivity contribution in [2.75, 3.05) is 56.6 Å². The summed E-state index contributed by atoms with van der Waals surface area (Å²) in [7, 11) is 1.51. The van der Waals surface area contributed by atoms with Gasteiger partial charge >= 0.3 is 0 Å². The summed E-state index contributed by atoms with van der Waals surface area (Å²) in [5.41, 5.74) is 3.32. The van der Waals surface area contributed by atoms with Crippen molar-refractivity contribution in [3.05, 3.63) is 53.6 Å². The molecular weight excluding hydrogens is 380 g/mol.